The number of benzene rings is 1. The van der Waals surface area contributed by atoms with E-state index in [1.165, 1.54) is 17.3 Å². The van der Waals surface area contributed by atoms with Crippen LogP contribution in [0.15, 0.2) is 49.1 Å². The molecule has 0 unspecified atom stereocenters. The van der Waals surface area contributed by atoms with Crippen molar-refractivity contribution >= 4 is 21.6 Å². The average molecular weight is 304 g/mol. The van der Waals surface area contributed by atoms with Gasteiger partial charge in [0.1, 0.15) is 23.6 Å². The van der Waals surface area contributed by atoms with Gasteiger partial charge in [0.05, 0.1) is 5.39 Å². The second kappa shape index (κ2) is 5.02. The van der Waals surface area contributed by atoms with Crippen LogP contribution in [0.1, 0.15) is 5.82 Å². The summed E-state index contributed by atoms with van der Waals surface area (Å²) >= 11 is 1.59. The van der Waals surface area contributed by atoms with E-state index in [1.54, 1.807) is 11.3 Å². The Morgan fingerprint density at radius 2 is 1.95 bits per heavy atom. The molecule has 0 aliphatic carbocycles. The predicted molar refractivity (Wildman–Crippen MR) is 82.5 cm³/mol. The van der Waals surface area contributed by atoms with Crippen LogP contribution < -0.4 is 0 Å². The Hall–Kier alpha value is -3.11. The van der Waals surface area contributed by atoms with Gasteiger partial charge in [0, 0.05) is 4.88 Å². The third kappa shape index (κ3) is 2.03. The van der Waals surface area contributed by atoms with Gasteiger partial charge in [-0.15, -0.1) is 16.4 Å². The molecule has 0 saturated heterocycles. The van der Waals surface area contributed by atoms with Gasteiger partial charge < -0.3 is 0 Å². The monoisotopic (exact) mass is 304 g/mol. The van der Waals surface area contributed by atoms with Gasteiger partial charge >= 0.3 is 0 Å². The molecule has 0 radical (unpaired) electrons. The van der Waals surface area contributed by atoms with Gasteiger partial charge in [0.15, 0.2) is 5.82 Å². The van der Waals surface area contributed by atoms with Crippen LogP contribution in [0.5, 0.6) is 0 Å². The van der Waals surface area contributed by atoms with Crippen LogP contribution in [0.25, 0.3) is 26.5 Å². The molecule has 6 nitrogen and oxygen atoms in total. The van der Waals surface area contributed by atoms with Crippen molar-refractivity contribution in [3.05, 3.63) is 54.9 Å². The van der Waals surface area contributed by atoms with Gasteiger partial charge in [-0.25, -0.2) is 19.6 Å². The Morgan fingerprint density at radius 3 is 2.73 bits per heavy atom. The number of hydrogen-bond donors (Lipinski definition) is 0. The fraction of sp³-hybridized carbons (Fsp3) is 0. The Balaban J connectivity index is 1.90. The second-order valence-electron chi connectivity index (χ2n) is 4.52. The van der Waals surface area contributed by atoms with Crippen molar-refractivity contribution in [2.45, 2.75) is 0 Å². The minimum Gasteiger partial charge on any atom is -0.225 e. The summed E-state index contributed by atoms with van der Waals surface area (Å²) < 4.78 is 1.50. The molecule has 4 aromatic rings. The minimum absolute atomic E-state index is 0.116. The zero-order valence-electron chi connectivity index (χ0n) is 11.2. The molecule has 0 amide bonds. The third-order valence-corrected chi connectivity index (χ3v) is 4.27. The lowest BCUT2D eigenvalue weighted by Crippen LogP contribution is -1.99. The van der Waals surface area contributed by atoms with E-state index in [4.69, 9.17) is 5.26 Å². The fourth-order valence-corrected chi connectivity index (χ4v) is 3.19. The van der Waals surface area contributed by atoms with Gasteiger partial charge in [-0.2, -0.15) is 5.26 Å². The Bertz CT molecular complexity index is 996. The molecular weight excluding hydrogens is 296 g/mol. The molecule has 0 fully saturated rings. The molecule has 104 valence electrons. The SMILES string of the molecule is N#Cc1ncn(-c2ncnc3sc(-c4ccccc4)cc23)n1. The summed E-state index contributed by atoms with van der Waals surface area (Å²) in [5.41, 5.74) is 1.13. The van der Waals surface area contributed by atoms with Crippen LogP contribution in [-0.2, 0) is 0 Å². The molecule has 0 bridgehead atoms. The molecule has 7 heteroatoms. The number of thiophene rings is 1. The molecule has 4 rings (SSSR count). The van der Waals surface area contributed by atoms with Crippen molar-refractivity contribution in [1.82, 2.24) is 24.7 Å². The van der Waals surface area contributed by atoms with E-state index in [2.05, 4.69) is 32.2 Å². The van der Waals surface area contributed by atoms with Crippen molar-refractivity contribution in [2.24, 2.45) is 0 Å². The summed E-state index contributed by atoms with van der Waals surface area (Å²) in [5, 5.41) is 13.8. The molecule has 0 aliphatic rings. The third-order valence-electron chi connectivity index (χ3n) is 3.18. The highest BCUT2D eigenvalue weighted by molar-refractivity contribution is 7.21. The van der Waals surface area contributed by atoms with Gasteiger partial charge in [0.2, 0.25) is 0 Å². The highest BCUT2D eigenvalue weighted by Gasteiger charge is 2.12. The highest BCUT2D eigenvalue weighted by atomic mass is 32.1. The number of nitriles is 1. The van der Waals surface area contributed by atoms with E-state index in [9.17, 15) is 0 Å². The highest BCUT2D eigenvalue weighted by Crippen LogP contribution is 2.33. The summed E-state index contributed by atoms with van der Waals surface area (Å²) in [4.78, 5) is 14.5. The van der Waals surface area contributed by atoms with Crippen LogP contribution in [0.2, 0.25) is 0 Å². The summed E-state index contributed by atoms with van der Waals surface area (Å²) in [5.74, 6) is 0.739. The lowest BCUT2D eigenvalue weighted by Gasteiger charge is -1.99. The number of rotatable bonds is 2. The van der Waals surface area contributed by atoms with Gasteiger partial charge in [-0.1, -0.05) is 30.3 Å². The number of nitrogens with zero attached hydrogens (tertiary/aromatic N) is 6. The standard InChI is InChI=1S/C15H8N6S/c16-7-13-19-9-21(20-13)14-11-6-12(10-4-2-1-3-5-10)22-15(11)18-8-17-14/h1-6,8-9H. The van der Waals surface area contributed by atoms with E-state index >= 15 is 0 Å². The first-order valence-electron chi connectivity index (χ1n) is 6.47. The van der Waals surface area contributed by atoms with Gasteiger partial charge in [-0.05, 0) is 11.6 Å². The van der Waals surface area contributed by atoms with Crippen LogP contribution in [-0.4, -0.2) is 24.7 Å². The molecule has 0 spiro atoms. The molecule has 0 atom stereocenters. The average Bonchev–Trinajstić information content (AvgIpc) is 3.22. The molecule has 0 N–H and O–H groups in total. The van der Waals surface area contributed by atoms with Crippen LogP contribution in [0, 0.1) is 11.3 Å². The maximum absolute atomic E-state index is 8.84. The predicted octanol–water partition coefficient (Wildman–Crippen LogP) is 2.81. The van der Waals surface area contributed by atoms with Gasteiger partial charge in [0.25, 0.3) is 5.82 Å². The molecule has 3 heterocycles. The van der Waals surface area contributed by atoms with E-state index in [0.29, 0.717) is 5.82 Å². The van der Waals surface area contributed by atoms with Gasteiger partial charge in [-0.3, -0.25) is 0 Å². The largest absolute Gasteiger partial charge is 0.252 e. The zero-order valence-corrected chi connectivity index (χ0v) is 12.0. The lowest BCUT2D eigenvalue weighted by atomic mass is 10.2. The second-order valence-corrected chi connectivity index (χ2v) is 5.55. The summed E-state index contributed by atoms with van der Waals surface area (Å²) in [6, 6.07) is 14.1. The smallest absolute Gasteiger partial charge is 0.225 e. The molecule has 1 aromatic carbocycles. The summed E-state index contributed by atoms with van der Waals surface area (Å²) in [7, 11) is 0. The first-order chi connectivity index (χ1) is 10.8. The van der Waals surface area contributed by atoms with Crippen molar-refractivity contribution in [3.63, 3.8) is 0 Å². The normalized spacial score (nSPS) is 10.7. The first kappa shape index (κ1) is 12.6. The van der Waals surface area contributed by atoms with Crippen molar-refractivity contribution in [1.29, 1.82) is 5.26 Å². The van der Waals surface area contributed by atoms with E-state index in [-0.39, 0.29) is 5.82 Å². The fourth-order valence-electron chi connectivity index (χ4n) is 2.19. The van der Waals surface area contributed by atoms with Crippen molar-refractivity contribution < 1.29 is 0 Å². The summed E-state index contributed by atoms with van der Waals surface area (Å²) in [6.45, 7) is 0. The quantitative estimate of drug-likeness (QED) is 0.569. The van der Waals surface area contributed by atoms with Crippen LogP contribution in [0.3, 0.4) is 0 Å². The zero-order chi connectivity index (χ0) is 14.9. The maximum atomic E-state index is 8.84. The van der Waals surface area contributed by atoms with Crippen LogP contribution in [0.4, 0.5) is 0 Å². The Kier molecular flexibility index (Phi) is 2.88. The number of fused-ring (bicyclic) bond motifs is 1. The van der Waals surface area contributed by atoms with E-state index in [1.807, 2.05) is 30.3 Å². The molecule has 0 aliphatic heterocycles. The topological polar surface area (TPSA) is 80.3 Å². The lowest BCUT2D eigenvalue weighted by molar-refractivity contribution is 0.845. The van der Waals surface area contributed by atoms with E-state index in [0.717, 1.165) is 20.7 Å². The molecule has 0 saturated carbocycles. The Labute approximate surface area is 129 Å². The molecule has 22 heavy (non-hydrogen) atoms. The first-order valence-corrected chi connectivity index (χ1v) is 7.29. The maximum Gasteiger partial charge on any atom is 0.252 e. The summed E-state index contributed by atoms with van der Waals surface area (Å²) in [6.07, 6.45) is 2.98. The minimum atomic E-state index is 0.116. The van der Waals surface area contributed by atoms with E-state index < -0.39 is 0 Å². The number of aromatic nitrogens is 5. The number of hydrogen-bond acceptors (Lipinski definition) is 6. The molecular formula is C15H8N6S. The van der Waals surface area contributed by atoms with Crippen molar-refractivity contribution in [3.8, 4) is 22.3 Å². The van der Waals surface area contributed by atoms with Crippen molar-refractivity contribution in [2.75, 3.05) is 0 Å². The molecule has 3 aromatic heterocycles. The van der Waals surface area contributed by atoms with Crippen LogP contribution >= 0.6 is 11.3 Å². The Morgan fingerprint density at radius 1 is 1.09 bits per heavy atom.